The number of ether oxygens (including phenoxy) is 1. The Labute approximate surface area is 172 Å². The summed E-state index contributed by atoms with van der Waals surface area (Å²) in [7, 11) is 0. The molecule has 4 heteroatoms. The summed E-state index contributed by atoms with van der Waals surface area (Å²) >= 11 is 0. The predicted octanol–water partition coefficient (Wildman–Crippen LogP) is 3.82. The average Bonchev–Trinajstić information content (AvgIpc) is 3.11. The fraction of sp³-hybridized carbons (Fsp3) is 0.480. The van der Waals surface area contributed by atoms with Crippen molar-refractivity contribution < 1.29 is 19.7 Å². The molecule has 29 heavy (non-hydrogen) atoms. The van der Waals surface area contributed by atoms with Gasteiger partial charge in [-0.15, -0.1) is 0 Å². The van der Waals surface area contributed by atoms with Gasteiger partial charge in [0, 0.05) is 12.0 Å². The summed E-state index contributed by atoms with van der Waals surface area (Å²) in [6.07, 6.45) is 2.97. The van der Waals surface area contributed by atoms with Crippen molar-refractivity contribution >= 4 is 22.5 Å². The zero-order valence-corrected chi connectivity index (χ0v) is 17.8. The second kappa shape index (κ2) is 6.33. The maximum absolute atomic E-state index is 11.6. The molecule has 4 nitrogen and oxygen atoms in total. The van der Waals surface area contributed by atoms with Crippen LogP contribution in [0.4, 0.5) is 0 Å². The Kier molecular flexibility index (Phi) is 4.36. The van der Waals surface area contributed by atoms with Gasteiger partial charge in [0.05, 0.1) is 12.1 Å². The molecule has 0 aromatic heterocycles. The van der Waals surface area contributed by atoms with Gasteiger partial charge in [0.15, 0.2) is 5.60 Å². The van der Waals surface area contributed by atoms with Crippen LogP contribution in [0.1, 0.15) is 70.6 Å². The molecule has 0 saturated heterocycles. The molecule has 1 aliphatic carbocycles. The third-order valence-corrected chi connectivity index (χ3v) is 7.00. The first kappa shape index (κ1) is 20.0. The Morgan fingerprint density at radius 2 is 1.62 bits per heavy atom. The lowest BCUT2D eigenvalue weighted by Crippen LogP contribution is -2.55. The number of carbonyl (C=O) groups excluding carboxylic acids is 1. The van der Waals surface area contributed by atoms with Crippen LogP contribution >= 0.6 is 0 Å². The van der Waals surface area contributed by atoms with Crippen LogP contribution in [0.15, 0.2) is 36.4 Å². The third kappa shape index (κ3) is 3.05. The molecular formula is C25H29O4-. The van der Waals surface area contributed by atoms with Gasteiger partial charge >= 0.3 is 0 Å². The smallest absolute Gasteiger partial charge is 0.177 e. The summed E-state index contributed by atoms with van der Waals surface area (Å²) in [5.74, 6) is -0.910. The van der Waals surface area contributed by atoms with Crippen molar-refractivity contribution in [2.45, 2.75) is 76.4 Å². The van der Waals surface area contributed by atoms with Crippen molar-refractivity contribution in [3.05, 3.63) is 53.1 Å². The fourth-order valence-corrected chi connectivity index (χ4v) is 4.72. The number of aliphatic carboxylic acids is 1. The van der Waals surface area contributed by atoms with E-state index in [1.54, 1.807) is 6.08 Å². The summed E-state index contributed by atoms with van der Waals surface area (Å²) in [4.78, 5) is 11.6. The largest absolute Gasteiger partial charge is 0.546 e. The number of fused-ring (bicyclic) bond motifs is 2. The Hall–Kier alpha value is -2.33. The molecule has 1 heterocycles. The molecular weight excluding hydrogens is 364 g/mol. The molecule has 154 valence electrons. The van der Waals surface area contributed by atoms with Gasteiger partial charge in [0.2, 0.25) is 0 Å². The van der Waals surface area contributed by atoms with E-state index in [4.69, 9.17) is 4.74 Å². The van der Waals surface area contributed by atoms with Gasteiger partial charge in [-0.25, -0.2) is 0 Å². The topological polar surface area (TPSA) is 69.6 Å². The lowest BCUT2D eigenvalue weighted by molar-refractivity contribution is -0.327. The molecule has 0 saturated carbocycles. The number of hydrogen-bond donors (Lipinski definition) is 1. The molecule has 1 N–H and O–H groups in total. The van der Waals surface area contributed by atoms with Gasteiger partial charge in [-0.1, -0.05) is 52.0 Å². The first-order valence-electron chi connectivity index (χ1n) is 10.3. The van der Waals surface area contributed by atoms with E-state index < -0.39 is 17.7 Å². The standard InChI is InChI=1S/C25H30O4/c1-15(26)25(22(27)28)9-8-21(29-25)17-7-6-16-13-19-20(14-18(16)12-17)24(4,5)11-10-23(19,2)3/h6-8,12-15,26H,9-11H2,1-5H3,(H,27,28)/p-1. The van der Waals surface area contributed by atoms with Gasteiger partial charge in [0.25, 0.3) is 0 Å². The summed E-state index contributed by atoms with van der Waals surface area (Å²) < 4.78 is 5.74. The van der Waals surface area contributed by atoms with E-state index in [9.17, 15) is 15.0 Å². The molecule has 0 bridgehead atoms. The fourth-order valence-electron chi connectivity index (χ4n) is 4.72. The van der Waals surface area contributed by atoms with Gasteiger partial charge in [-0.3, -0.25) is 0 Å². The summed E-state index contributed by atoms with van der Waals surface area (Å²) in [6, 6.07) is 10.7. The normalized spacial score (nSPS) is 25.8. The van der Waals surface area contributed by atoms with Gasteiger partial charge < -0.3 is 19.7 Å². The number of benzene rings is 2. The molecule has 0 spiro atoms. The Morgan fingerprint density at radius 1 is 1.03 bits per heavy atom. The Morgan fingerprint density at radius 3 is 2.14 bits per heavy atom. The number of rotatable bonds is 3. The number of aliphatic hydroxyl groups excluding tert-OH is 1. The van der Waals surface area contributed by atoms with Gasteiger partial charge in [0.1, 0.15) is 5.76 Å². The predicted molar refractivity (Wildman–Crippen MR) is 112 cm³/mol. The molecule has 2 aliphatic rings. The third-order valence-electron chi connectivity index (χ3n) is 7.00. The first-order valence-corrected chi connectivity index (χ1v) is 10.3. The van der Waals surface area contributed by atoms with Crippen molar-refractivity contribution in [1.29, 1.82) is 0 Å². The van der Waals surface area contributed by atoms with Crippen LogP contribution in [0.3, 0.4) is 0 Å². The highest BCUT2D eigenvalue weighted by molar-refractivity contribution is 5.89. The van der Waals surface area contributed by atoms with Crippen molar-refractivity contribution in [3.8, 4) is 0 Å². The maximum atomic E-state index is 11.6. The van der Waals surface area contributed by atoms with Crippen LogP contribution in [-0.2, 0) is 20.4 Å². The molecule has 0 fully saturated rings. The van der Waals surface area contributed by atoms with Crippen LogP contribution < -0.4 is 5.11 Å². The molecule has 1 aliphatic heterocycles. The van der Waals surface area contributed by atoms with Crippen molar-refractivity contribution in [3.63, 3.8) is 0 Å². The Bertz CT molecular complexity index is 1030. The van der Waals surface area contributed by atoms with Crippen molar-refractivity contribution in [1.82, 2.24) is 0 Å². The quantitative estimate of drug-likeness (QED) is 0.861. The summed E-state index contributed by atoms with van der Waals surface area (Å²) in [5.41, 5.74) is 2.17. The van der Waals surface area contributed by atoms with Crippen molar-refractivity contribution in [2.24, 2.45) is 0 Å². The minimum absolute atomic E-state index is 0.0891. The Balaban J connectivity index is 1.78. The zero-order valence-electron chi connectivity index (χ0n) is 17.8. The zero-order chi connectivity index (χ0) is 21.2. The minimum atomic E-state index is -1.72. The lowest BCUT2D eigenvalue weighted by atomic mass is 9.63. The van der Waals surface area contributed by atoms with E-state index in [1.807, 2.05) is 12.1 Å². The van der Waals surface area contributed by atoms with E-state index in [0.717, 1.165) is 17.4 Å². The van der Waals surface area contributed by atoms with Gasteiger partial charge in [-0.2, -0.15) is 0 Å². The molecule has 2 aromatic carbocycles. The number of carboxylic acid groups (broad SMARTS) is 1. The first-order chi connectivity index (χ1) is 13.5. The molecule has 2 unspecified atom stereocenters. The minimum Gasteiger partial charge on any atom is -0.546 e. The SMILES string of the molecule is CC(O)C1(C(=O)[O-])CC=C(c2ccc3cc4c(cc3c2)C(C)(C)CCC4(C)C)O1. The molecule has 0 amide bonds. The van der Waals surface area contributed by atoms with E-state index in [0.29, 0.717) is 5.76 Å². The average molecular weight is 394 g/mol. The van der Waals surface area contributed by atoms with Gasteiger partial charge in [-0.05, 0) is 64.6 Å². The summed E-state index contributed by atoms with van der Waals surface area (Å²) in [5, 5.41) is 23.9. The number of carboxylic acids is 1. The van der Waals surface area contributed by atoms with Crippen LogP contribution in [0, 0.1) is 0 Å². The summed E-state index contributed by atoms with van der Waals surface area (Å²) in [6.45, 7) is 10.7. The molecule has 4 rings (SSSR count). The lowest BCUT2D eigenvalue weighted by Gasteiger charge is -2.42. The molecule has 2 atom stereocenters. The monoisotopic (exact) mass is 393 g/mol. The van der Waals surface area contributed by atoms with Crippen molar-refractivity contribution in [2.75, 3.05) is 0 Å². The van der Waals surface area contributed by atoms with Crippen LogP contribution in [0.5, 0.6) is 0 Å². The van der Waals surface area contributed by atoms with E-state index >= 15 is 0 Å². The highest BCUT2D eigenvalue weighted by atomic mass is 16.5. The highest BCUT2D eigenvalue weighted by Gasteiger charge is 2.43. The second-order valence-electron chi connectivity index (χ2n) is 9.95. The number of hydrogen-bond acceptors (Lipinski definition) is 4. The number of aliphatic hydroxyl groups is 1. The van der Waals surface area contributed by atoms with Crippen LogP contribution in [0.25, 0.3) is 16.5 Å². The van der Waals surface area contributed by atoms with E-state index in [2.05, 4.69) is 45.9 Å². The maximum Gasteiger partial charge on any atom is 0.177 e. The van der Waals surface area contributed by atoms with E-state index in [-0.39, 0.29) is 17.3 Å². The van der Waals surface area contributed by atoms with Crippen LogP contribution in [-0.4, -0.2) is 22.8 Å². The highest BCUT2D eigenvalue weighted by Crippen LogP contribution is 2.47. The second-order valence-corrected chi connectivity index (χ2v) is 9.95. The van der Waals surface area contributed by atoms with E-state index in [1.165, 1.54) is 29.9 Å². The number of carbonyl (C=O) groups is 1. The van der Waals surface area contributed by atoms with Crippen LogP contribution in [0.2, 0.25) is 0 Å². The molecule has 2 aromatic rings. The molecule has 0 radical (unpaired) electrons.